The summed E-state index contributed by atoms with van der Waals surface area (Å²) in [5, 5.41) is 12.2. The molecule has 0 aliphatic carbocycles. The highest BCUT2D eigenvalue weighted by atomic mass is 35.5. The second-order valence-corrected chi connectivity index (χ2v) is 12.1. The number of H-pyrrole nitrogens is 1. The lowest BCUT2D eigenvalue weighted by atomic mass is 10.0. The number of carbonyl (C=O) groups is 1. The van der Waals surface area contributed by atoms with E-state index in [1.54, 1.807) is 23.9 Å². The predicted molar refractivity (Wildman–Crippen MR) is 175 cm³/mol. The van der Waals surface area contributed by atoms with Crippen LogP contribution < -0.4 is 31.7 Å². The van der Waals surface area contributed by atoms with Crippen LogP contribution in [0.25, 0.3) is 16.7 Å². The Morgan fingerprint density at radius 2 is 1.81 bits per heavy atom. The van der Waals surface area contributed by atoms with Crippen molar-refractivity contribution in [3.05, 3.63) is 86.3 Å². The number of amides is 1. The smallest absolute Gasteiger partial charge is 0.382 e. The number of hydrogen-bond donors (Lipinski definition) is 3. The third kappa shape index (κ3) is 6.17. The van der Waals surface area contributed by atoms with Gasteiger partial charge in [-0.2, -0.15) is 23.3 Å². The van der Waals surface area contributed by atoms with Crippen molar-refractivity contribution in [3.8, 4) is 5.82 Å². The molecule has 5 aromatic rings. The maximum absolute atomic E-state index is 13.0. The lowest BCUT2D eigenvalue weighted by Crippen LogP contribution is -2.40. The van der Waals surface area contributed by atoms with Crippen molar-refractivity contribution < 1.29 is 18.0 Å². The van der Waals surface area contributed by atoms with Gasteiger partial charge in [-0.1, -0.05) is 11.6 Å². The number of carbonyl (C=O) groups excluding carboxylic acids is 1. The van der Waals surface area contributed by atoms with E-state index in [0.717, 1.165) is 34.3 Å². The second-order valence-electron chi connectivity index (χ2n) is 11.7. The van der Waals surface area contributed by atoms with Gasteiger partial charge in [-0.15, -0.1) is 0 Å². The van der Waals surface area contributed by atoms with E-state index < -0.39 is 29.9 Å². The molecular weight excluding hydrogens is 653 g/mol. The van der Waals surface area contributed by atoms with Gasteiger partial charge in [0.15, 0.2) is 11.6 Å². The fraction of sp³-hybridized carbons (Fsp3) is 0.290. The van der Waals surface area contributed by atoms with Gasteiger partial charge in [-0.3, -0.25) is 23.8 Å². The van der Waals surface area contributed by atoms with Gasteiger partial charge in [0.25, 0.3) is 5.56 Å². The number of rotatable bonds is 7. The zero-order chi connectivity index (χ0) is 33.7. The van der Waals surface area contributed by atoms with Crippen LogP contribution in [0.2, 0.25) is 5.02 Å². The molecule has 2 aliphatic heterocycles. The fourth-order valence-electron chi connectivity index (χ4n) is 6.10. The summed E-state index contributed by atoms with van der Waals surface area (Å²) in [6.07, 6.45) is -0.133. The molecule has 0 bridgehead atoms. The Hall–Kier alpha value is -5.38. The number of aromatic amines is 1. The highest BCUT2D eigenvalue weighted by Crippen LogP contribution is 2.35. The van der Waals surface area contributed by atoms with Crippen LogP contribution in [-0.4, -0.2) is 67.1 Å². The number of aromatic nitrogens is 6. The molecule has 1 amide bonds. The van der Waals surface area contributed by atoms with Crippen molar-refractivity contribution in [1.29, 1.82) is 0 Å². The molecule has 1 saturated heterocycles. The maximum atomic E-state index is 13.0. The molecule has 3 aromatic heterocycles. The molecule has 13 nitrogen and oxygen atoms in total. The zero-order valence-corrected chi connectivity index (χ0v) is 26.1. The standard InChI is InChI=1S/C31H28ClF3N10O3/c1-42-24-14-20(2-4-21(24)28(41-42)44-11-8-25(46)39-30(44)48)37-18-6-9-43(10-7-18)29-36-15-22(32)27(40-29)38-19-3-5-23-17(12-19)13-26(47)45(23)16-31(33,34)35/h2-5,8,11-12,14-15,18,37H,6-7,9-10,13,16H2,1H3,(H,36,38,40)(H,39,46,48). The van der Waals surface area contributed by atoms with Crippen molar-refractivity contribution >= 4 is 57.2 Å². The Labute approximate surface area is 275 Å². The summed E-state index contributed by atoms with van der Waals surface area (Å²) in [4.78, 5) is 50.2. The number of halogens is 4. The molecule has 17 heteroatoms. The lowest BCUT2D eigenvalue weighted by Gasteiger charge is -2.33. The van der Waals surface area contributed by atoms with Crippen molar-refractivity contribution in [2.24, 2.45) is 7.05 Å². The molecule has 2 aromatic carbocycles. The number of anilines is 5. The molecule has 48 heavy (non-hydrogen) atoms. The summed E-state index contributed by atoms with van der Waals surface area (Å²) >= 11 is 6.40. The highest BCUT2D eigenvalue weighted by Gasteiger charge is 2.37. The minimum atomic E-state index is -4.50. The highest BCUT2D eigenvalue weighted by molar-refractivity contribution is 6.32. The molecule has 248 valence electrons. The van der Waals surface area contributed by atoms with E-state index in [1.807, 2.05) is 18.2 Å². The van der Waals surface area contributed by atoms with Crippen LogP contribution in [0.1, 0.15) is 18.4 Å². The lowest BCUT2D eigenvalue weighted by molar-refractivity contribution is -0.131. The van der Waals surface area contributed by atoms with Crippen LogP contribution in [-0.2, 0) is 18.3 Å². The fourth-order valence-corrected chi connectivity index (χ4v) is 6.24. The van der Waals surface area contributed by atoms with E-state index in [9.17, 15) is 27.6 Å². The second kappa shape index (κ2) is 12.0. The van der Waals surface area contributed by atoms with E-state index >= 15 is 0 Å². The summed E-state index contributed by atoms with van der Waals surface area (Å²) in [7, 11) is 1.79. The first-order chi connectivity index (χ1) is 22.9. The van der Waals surface area contributed by atoms with Gasteiger partial charge in [0, 0.05) is 60.9 Å². The van der Waals surface area contributed by atoms with Gasteiger partial charge in [0.05, 0.1) is 18.1 Å². The third-order valence-electron chi connectivity index (χ3n) is 8.38. The van der Waals surface area contributed by atoms with Crippen molar-refractivity contribution in [3.63, 3.8) is 0 Å². The molecule has 0 radical (unpaired) electrons. The van der Waals surface area contributed by atoms with Crippen LogP contribution >= 0.6 is 11.6 Å². The van der Waals surface area contributed by atoms with Gasteiger partial charge in [-0.25, -0.2) is 9.78 Å². The third-order valence-corrected chi connectivity index (χ3v) is 8.65. The average Bonchev–Trinajstić information content (AvgIpc) is 3.52. The van der Waals surface area contributed by atoms with Gasteiger partial charge in [-0.05, 0) is 54.8 Å². The Morgan fingerprint density at radius 3 is 2.56 bits per heavy atom. The number of benzene rings is 2. The summed E-state index contributed by atoms with van der Waals surface area (Å²) < 4.78 is 41.9. The van der Waals surface area contributed by atoms with Gasteiger partial charge >= 0.3 is 11.9 Å². The van der Waals surface area contributed by atoms with Gasteiger partial charge in [0.1, 0.15) is 11.6 Å². The number of alkyl halides is 3. The molecule has 0 spiro atoms. The van der Waals surface area contributed by atoms with E-state index in [-0.39, 0.29) is 23.2 Å². The molecule has 3 N–H and O–H groups in total. The van der Waals surface area contributed by atoms with Crippen LogP contribution in [0.5, 0.6) is 0 Å². The van der Waals surface area contributed by atoms with Crippen LogP contribution in [0.4, 0.5) is 42.0 Å². The largest absolute Gasteiger partial charge is 0.406 e. The molecule has 0 saturated carbocycles. The summed E-state index contributed by atoms with van der Waals surface area (Å²) in [5.41, 5.74) is 1.93. The van der Waals surface area contributed by atoms with Gasteiger partial charge < -0.3 is 20.4 Å². The van der Waals surface area contributed by atoms with Crippen molar-refractivity contribution in [1.82, 2.24) is 29.3 Å². The zero-order valence-electron chi connectivity index (χ0n) is 25.4. The Morgan fingerprint density at radius 1 is 1.04 bits per heavy atom. The normalized spacial score (nSPS) is 15.3. The minimum Gasteiger partial charge on any atom is -0.382 e. The maximum Gasteiger partial charge on any atom is 0.406 e. The van der Waals surface area contributed by atoms with E-state index in [1.165, 1.54) is 29.1 Å². The first-order valence-corrected chi connectivity index (χ1v) is 15.4. The first-order valence-electron chi connectivity index (χ1n) is 15.0. The SMILES string of the molecule is Cn1nc(-n2ccc(=O)[nH]c2=O)c2ccc(NC3CCN(c4ncc(Cl)c(Nc5ccc6c(c5)CC(=O)N6CC(F)(F)F)n4)CC3)cc21. The molecule has 0 unspecified atom stereocenters. The number of piperidine rings is 1. The summed E-state index contributed by atoms with van der Waals surface area (Å²) in [6.45, 7) is 0.00623. The first kappa shape index (κ1) is 31.2. The van der Waals surface area contributed by atoms with E-state index in [0.29, 0.717) is 41.9 Å². The molecular formula is C31H28ClF3N10O3. The van der Waals surface area contributed by atoms with Crippen LogP contribution in [0.15, 0.2) is 64.4 Å². The minimum absolute atomic E-state index is 0.123. The predicted octanol–water partition coefficient (Wildman–Crippen LogP) is 4.13. The molecule has 7 rings (SSSR count). The van der Waals surface area contributed by atoms with E-state index in [4.69, 9.17) is 11.6 Å². The Bertz CT molecular complexity index is 2170. The van der Waals surface area contributed by atoms with Crippen molar-refractivity contribution in [2.45, 2.75) is 31.5 Å². The number of aryl methyl sites for hydroxylation is 1. The Kier molecular flexibility index (Phi) is 7.81. The van der Waals surface area contributed by atoms with Crippen LogP contribution in [0, 0.1) is 0 Å². The molecule has 0 atom stereocenters. The summed E-state index contributed by atoms with van der Waals surface area (Å²) in [6, 6.07) is 11.9. The number of hydrogen-bond acceptors (Lipinski definition) is 9. The topological polar surface area (TPSA) is 146 Å². The van der Waals surface area contributed by atoms with Crippen molar-refractivity contribution in [2.75, 3.05) is 40.1 Å². The molecule has 5 heterocycles. The summed E-state index contributed by atoms with van der Waals surface area (Å²) in [5.74, 6) is 0.636. The average molecular weight is 681 g/mol. The number of nitrogens with zero attached hydrogens (tertiary/aromatic N) is 7. The van der Waals surface area contributed by atoms with Crippen LogP contribution in [0.3, 0.4) is 0 Å². The molecule has 2 aliphatic rings. The molecule has 1 fully saturated rings. The number of nitrogens with one attached hydrogen (secondary N) is 3. The number of fused-ring (bicyclic) bond motifs is 2. The Balaban J connectivity index is 1.01. The monoisotopic (exact) mass is 680 g/mol. The quantitative estimate of drug-likeness (QED) is 0.231. The van der Waals surface area contributed by atoms with E-state index in [2.05, 4.69) is 35.6 Å². The van der Waals surface area contributed by atoms with Gasteiger partial charge in [0.2, 0.25) is 11.9 Å².